The molecule has 0 fully saturated rings. The Balaban J connectivity index is 3.72. The van der Waals surface area contributed by atoms with Gasteiger partial charge in [-0.25, -0.2) is 4.21 Å². The van der Waals surface area contributed by atoms with Crippen molar-refractivity contribution < 1.29 is 17.7 Å². The Hall–Kier alpha value is -0.160. The Morgan fingerprint density at radius 2 is 2.07 bits per heavy atom. The number of hydrogen-bond acceptors (Lipinski definition) is 3. The van der Waals surface area contributed by atoms with Crippen LogP contribution in [-0.4, -0.2) is 27.8 Å². The topological polar surface area (TPSA) is 75.6 Å². The van der Waals surface area contributed by atoms with Crippen LogP contribution in [0.15, 0.2) is 0 Å². The van der Waals surface area contributed by atoms with Crippen LogP contribution in [0, 0.1) is 5.41 Å². The predicted molar refractivity (Wildman–Crippen MR) is 57.5 cm³/mol. The third-order valence-corrected chi connectivity index (χ3v) is 2.15. The van der Waals surface area contributed by atoms with Crippen molar-refractivity contribution in [1.82, 2.24) is 5.32 Å². The molecule has 0 aliphatic heterocycles. The zero-order valence-electron chi connectivity index (χ0n) is 8.49. The molecule has 0 radical (unpaired) electrons. The molecule has 1 atom stereocenters. The fourth-order valence-corrected chi connectivity index (χ4v) is 1.14. The smallest absolute Gasteiger partial charge is 0.225 e. The number of rotatable bonds is 4. The molecule has 0 aromatic heterocycles. The second-order valence-corrected chi connectivity index (χ2v) is 6.54. The Bertz CT molecular complexity index is 293. The van der Waals surface area contributed by atoms with Gasteiger partial charge in [-0.05, 0) is 0 Å². The van der Waals surface area contributed by atoms with Crippen LogP contribution in [0.3, 0.4) is 0 Å². The van der Waals surface area contributed by atoms with Crippen LogP contribution in [0.2, 0.25) is 0 Å². The summed E-state index contributed by atoms with van der Waals surface area (Å²) in [5, 5.41) is 2.57. The van der Waals surface area contributed by atoms with Crippen molar-refractivity contribution >= 4 is 23.6 Å². The third kappa shape index (κ3) is 7.26. The van der Waals surface area contributed by atoms with Crippen molar-refractivity contribution in [3.63, 3.8) is 0 Å². The molecule has 2 N–H and O–H groups in total. The molecule has 14 heavy (non-hydrogen) atoms. The van der Waals surface area contributed by atoms with Gasteiger partial charge in [0.05, 0.1) is 6.61 Å². The Kier molecular flexibility index (Phi) is 5.01. The van der Waals surface area contributed by atoms with Gasteiger partial charge in [-0.1, -0.05) is 20.8 Å². The van der Waals surface area contributed by atoms with Gasteiger partial charge in [-0.15, -0.1) is 0 Å². The summed E-state index contributed by atoms with van der Waals surface area (Å²) in [4.78, 5) is 11.3. The van der Waals surface area contributed by atoms with Crippen LogP contribution in [-0.2, 0) is 18.7 Å². The van der Waals surface area contributed by atoms with Crippen LogP contribution < -0.4 is 5.32 Å². The zero-order valence-corrected chi connectivity index (χ0v) is 10.3. The highest BCUT2D eigenvalue weighted by Crippen LogP contribution is 2.11. The van der Waals surface area contributed by atoms with Crippen molar-refractivity contribution in [2.75, 3.05) is 13.2 Å². The molecule has 0 spiro atoms. The number of nitrogens with one attached hydrogen (secondary N) is 1. The molecule has 0 saturated carbocycles. The highest BCUT2D eigenvalue weighted by Gasteiger charge is 2.20. The van der Waals surface area contributed by atoms with Gasteiger partial charge in [0, 0.05) is 20.0 Å². The normalized spacial score (nSPS) is 16.0. The first-order chi connectivity index (χ1) is 6.13. The summed E-state index contributed by atoms with van der Waals surface area (Å²) >= 11 is 0. The number of amides is 1. The van der Waals surface area contributed by atoms with E-state index in [9.17, 15) is 9.00 Å². The maximum atomic E-state index is 11.3. The summed E-state index contributed by atoms with van der Waals surface area (Å²) in [6, 6.07) is 0. The lowest BCUT2D eigenvalue weighted by Crippen LogP contribution is -2.36. The molecule has 0 rings (SSSR count). The summed E-state index contributed by atoms with van der Waals surface area (Å²) in [5.41, 5.74) is -0.464. The maximum absolute atomic E-state index is 11.3. The molecule has 0 aliphatic carbocycles. The van der Waals surface area contributed by atoms with E-state index in [-0.39, 0.29) is 19.1 Å². The summed E-state index contributed by atoms with van der Waals surface area (Å²) in [7, 11) is -0.870. The van der Waals surface area contributed by atoms with E-state index in [1.54, 1.807) is 20.8 Å². The van der Waals surface area contributed by atoms with Gasteiger partial charge < -0.3 is 5.32 Å². The van der Waals surface area contributed by atoms with Crippen LogP contribution >= 0.6 is 8.02 Å². The van der Waals surface area contributed by atoms with Gasteiger partial charge >= 0.3 is 0 Å². The fourth-order valence-electron chi connectivity index (χ4n) is 0.584. The molecule has 1 unspecified atom stereocenters. The van der Waals surface area contributed by atoms with E-state index in [1.165, 1.54) is 0 Å². The molecule has 0 saturated heterocycles. The van der Waals surface area contributed by atoms with Crippen molar-refractivity contribution in [2.45, 2.75) is 20.8 Å². The van der Waals surface area contributed by atoms with E-state index >= 15 is 0 Å². The van der Waals surface area contributed by atoms with Gasteiger partial charge in [0.15, 0.2) is 0 Å². The molecule has 0 aromatic carbocycles. The van der Waals surface area contributed by atoms with E-state index in [2.05, 4.69) is 17.5 Å². The standard InChI is InChI=1S/C7H16NO4PS/c1-7(2,3)6(9)8-4-5-12-14(10,11)13/h13H,4-5H2,1-3H3,(H,8,9)(H,10,11). The monoisotopic (exact) mass is 241 g/mol. The molecule has 7 heteroatoms. The molecular formula is C7H16NO4PS. The SMILES string of the molecule is CC(C)(C)C(=O)NCCOS(=O)(O)=P. The first-order valence-electron chi connectivity index (χ1n) is 4.07. The summed E-state index contributed by atoms with van der Waals surface area (Å²) in [6.45, 7) is 5.53. The predicted octanol–water partition coefficient (Wildman–Crippen LogP) is 0.896. The molecule has 84 valence electrons. The van der Waals surface area contributed by atoms with E-state index in [0.29, 0.717) is 0 Å². The molecule has 0 bridgehead atoms. The molecule has 5 nitrogen and oxygen atoms in total. The van der Waals surface area contributed by atoms with E-state index in [0.717, 1.165) is 0 Å². The summed E-state index contributed by atoms with van der Waals surface area (Å²) in [5.74, 6) is -0.125. The zero-order chi connectivity index (χ0) is 11.4. The largest absolute Gasteiger partial charge is 0.353 e. The second-order valence-electron chi connectivity index (χ2n) is 3.80. The Labute approximate surface area is 86.5 Å². The van der Waals surface area contributed by atoms with Gasteiger partial charge in [-0.2, -0.15) is 0 Å². The van der Waals surface area contributed by atoms with Crippen LogP contribution in [0.4, 0.5) is 0 Å². The van der Waals surface area contributed by atoms with Crippen molar-refractivity contribution in [1.29, 1.82) is 0 Å². The lowest BCUT2D eigenvalue weighted by atomic mass is 9.96. The van der Waals surface area contributed by atoms with E-state index in [4.69, 9.17) is 4.55 Å². The summed E-state index contributed by atoms with van der Waals surface area (Å²) in [6.07, 6.45) is 0. The number of carbonyl (C=O) groups is 1. The van der Waals surface area contributed by atoms with Crippen molar-refractivity contribution in [3.8, 4) is 0 Å². The van der Waals surface area contributed by atoms with Gasteiger partial charge in [0.1, 0.15) is 0 Å². The van der Waals surface area contributed by atoms with E-state index in [1.807, 2.05) is 0 Å². The summed E-state index contributed by atoms with van der Waals surface area (Å²) < 4.78 is 23.7. The quantitative estimate of drug-likeness (QED) is 0.566. The van der Waals surface area contributed by atoms with Gasteiger partial charge in [-0.3, -0.25) is 13.5 Å². The second kappa shape index (κ2) is 5.07. The van der Waals surface area contributed by atoms with Crippen LogP contribution in [0.5, 0.6) is 0 Å². The minimum absolute atomic E-state index is 0.0132. The van der Waals surface area contributed by atoms with Crippen molar-refractivity contribution in [2.24, 2.45) is 5.41 Å². The Morgan fingerprint density at radius 1 is 1.57 bits per heavy atom. The molecule has 1 amide bonds. The maximum Gasteiger partial charge on any atom is 0.225 e. The third-order valence-electron chi connectivity index (χ3n) is 1.31. The van der Waals surface area contributed by atoms with Gasteiger partial charge in [0.2, 0.25) is 15.6 Å². The molecule has 0 heterocycles. The molecular weight excluding hydrogens is 225 g/mol. The lowest BCUT2D eigenvalue weighted by Gasteiger charge is -2.17. The molecule has 0 aliphatic rings. The Morgan fingerprint density at radius 3 is 2.43 bits per heavy atom. The minimum atomic E-state index is -3.35. The number of carbonyl (C=O) groups excluding carboxylic acids is 1. The lowest BCUT2D eigenvalue weighted by molar-refractivity contribution is -0.128. The minimum Gasteiger partial charge on any atom is -0.353 e. The first-order valence-corrected chi connectivity index (χ1v) is 6.73. The van der Waals surface area contributed by atoms with Crippen LogP contribution in [0.1, 0.15) is 20.8 Å². The van der Waals surface area contributed by atoms with Gasteiger partial charge in [0.25, 0.3) is 0 Å². The average Bonchev–Trinajstić information content (AvgIpc) is 1.93. The number of hydrogen-bond donors (Lipinski definition) is 2. The van der Waals surface area contributed by atoms with E-state index < -0.39 is 15.1 Å². The first kappa shape index (κ1) is 13.8. The van der Waals surface area contributed by atoms with Crippen LogP contribution in [0.25, 0.3) is 0 Å². The van der Waals surface area contributed by atoms with Crippen molar-refractivity contribution in [3.05, 3.63) is 0 Å². The average molecular weight is 241 g/mol. The molecule has 0 aromatic rings. The highest BCUT2D eigenvalue weighted by atomic mass is 32.5. The fraction of sp³-hybridized carbons (Fsp3) is 0.857. The highest BCUT2D eigenvalue weighted by molar-refractivity contribution is 8.13.